The van der Waals surface area contributed by atoms with E-state index in [0.717, 1.165) is 29.4 Å². The maximum absolute atomic E-state index is 12.4. The number of imidazole rings is 1. The van der Waals surface area contributed by atoms with Gasteiger partial charge in [0.15, 0.2) is 11.2 Å². The number of anilines is 1. The molecular weight excluding hydrogens is 488 g/mol. The second-order valence-electron chi connectivity index (χ2n) is 5.88. The van der Waals surface area contributed by atoms with Crippen LogP contribution in [0.15, 0.2) is 29.3 Å². The summed E-state index contributed by atoms with van der Waals surface area (Å²) >= 11 is 14.3. The van der Waals surface area contributed by atoms with E-state index in [1.165, 1.54) is 6.42 Å². The number of aromatic nitrogens is 4. The highest BCUT2D eigenvalue weighted by Crippen LogP contribution is 2.22. The van der Waals surface area contributed by atoms with E-state index >= 15 is 0 Å². The Bertz CT molecular complexity index is 956. The maximum atomic E-state index is 12.4. The van der Waals surface area contributed by atoms with Crippen molar-refractivity contribution < 1.29 is 0 Å². The lowest BCUT2D eigenvalue weighted by Crippen LogP contribution is -2.15. The Morgan fingerprint density at radius 1 is 1.19 bits per heavy atom. The first-order valence-electron chi connectivity index (χ1n) is 8.27. The number of H-pyrrole nitrogens is 1. The number of halogens is 3. The van der Waals surface area contributed by atoms with Gasteiger partial charge in [-0.25, -0.2) is 4.98 Å². The highest BCUT2D eigenvalue weighted by molar-refractivity contribution is 14.1. The van der Waals surface area contributed by atoms with Crippen molar-refractivity contribution in [1.29, 1.82) is 0 Å². The normalized spacial score (nSPS) is 11.2. The number of aromatic amines is 1. The van der Waals surface area contributed by atoms with E-state index in [9.17, 15) is 4.79 Å². The van der Waals surface area contributed by atoms with Crippen molar-refractivity contribution in [3.63, 3.8) is 0 Å². The minimum Gasteiger partial charge on any atom is -0.352 e. The highest BCUT2D eigenvalue weighted by Gasteiger charge is 2.10. The molecule has 2 aromatic heterocycles. The zero-order valence-electron chi connectivity index (χ0n) is 13.9. The SMILES string of the molecule is O=c1[nH]c(NCc2ccc(Cl)c(Cl)c2)nc2ncn(CCCCCI)c12. The molecule has 0 saturated heterocycles. The molecule has 0 unspecified atom stereocenters. The Morgan fingerprint density at radius 3 is 2.81 bits per heavy atom. The third kappa shape index (κ3) is 4.69. The van der Waals surface area contributed by atoms with Crippen LogP contribution in [0.5, 0.6) is 0 Å². The van der Waals surface area contributed by atoms with Crippen molar-refractivity contribution >= 4 is 62.9 Å². The van der Waals surface area contributed by atoms with Crippen molar-refractivity contribution in [2.24, 2.45) is 0 Å². The molecule has 0 bridgehead atoms. The number of aryl methyl sites for hydroxylation is 1. The van der Waals surface area contributed by atoms with Crippen LogP contribution in [0, 0.1) is 0 Å². The van der Waals surface area contributed by atoms with Crippen LogP contribution in [0.1, 0.15) is 24.8 Å². The van der Waals surface area contributed by atoms with Gasteiger partial charge in [-0.05, 0) is 35.0 Å². The molecule has 1 aromatic carbocycles. The fourth-order valence-electron chi connectivity index (χ4n) is 2.63. The van der Waals surface area contributed by atoms with Crippen molar-refractivity contribution in [3.8, 4) is 0 Å². The average molecular weight is 506 g/mol. The summed E-state index contributed by atoms with van der Waals surface area (Å²) in [6.45, 7) is 1.23. The highest BCUT2D eigenvalue weighted by atomic mass is 127. The van der Waals surface area contributed by atoms with E-state index < -0.39 is 0 Å². The van der Waals surface area contributed by atoms with Crippen molar-refractivity contribution in [1.82, 2.24) is 19.5 Å². The van der Waals surface area contributed by atoms with E-state index in [1.807, 2.05) is 10.6 Å². The third-order valence-electron chi connectivity index (χ3n) is 3.96. The molecule has 0 radical (unpaired) electrons. The molecular formula is C17H18Cl2IN5O. The molecule has 0 saturated carbocycles. The summed E-state index contributed by atoms with van der Waals surface area (Å²) in [6.07, 6.45) is 5.02. The van der Waals surface area contributed by atoms with Gasteiger partial charge in [0.05, 0.1) is 16.4 Å². The zero-order valence-corrected chi connectivity index (χ0v) is 17.6. The van der Waals surface area contributed by atoms with E-state index in [-0.39, 0.29) is 5.56 Å². The Morgan fingerprint density at radius 2 is 2.04 bits per heavy atom. The zero-order chi connectivity index (χ0) is 18.5. The third-order valence-corrected chi connectivity index (χ3v) is 5.46. The summed E-state index contributed by atoms with van der Waals surface area (Å²) < 4.78 is 3.02. The van der Waals surface area contributed by atoms with Crippen LogP contribution < -0.4 is 10.9 Å². The molecule has 0 aliphatic carbocycles. The van der Waals surface area contributed by atoms with Gasteiger partial charge < -0.3 is 9.88 Å². The second kappa shape index (κ2) is 9.05. The number of hydrogen-bond acceptors (Lipinski definition) is 4. The van der Waals surface area contributed by atoms with Crippen LogP contribution in [-0.2, 0) is 13.1 Å². The van der Waals surface area contributed by atoms with E-state index in [2.05, 4.69) is 42.9 Å². The molecule has 0 atom stereocenters. The molecule has 26 heavy (non-hydrogen) atoms. The summed E-state index contributed by atoms with van der Waals surface area (Å²) in [5.74, 6) is 0.378. The van der Waals surface area contributed by atoms with Crippen LogP contribution in [0.3, 0.4) is 0 Å². The van der Waals surface area contributed by atoms with E-state index in [4.69, 9.17) is 23.2 Å². The summed E-state index contributed by atoms with van der Waals surface area (Å²) in [5, 5.41) is 4.09. The van der Waals surface area contributed by atoms with Gasteiger partial charge in [0, 0.05) is 13.1 Å². The monoisotopic (exact) mass is 505 g/mol. The molecule has 3 aromatic rings. The number of unbranched alkanes of at least 4 members (excludes halogenated alkanes) is 2. The quantitative estimate of drug-likeness (QED) is 0.265. The largest absolute Gasteiger partial charge is 0.352 e. The molecule has 9 heteroatoms. The first kappa shape index (κ1) is 19.4. The standard InChI is InChI=1S/C17H18Cl2IN5O/c18-12-5-4-11(8-13(12)19)9-21-17-23-15-14(16(26)24-17)25(10-22-15)7-3-1-2-6-20/h4-5,8,10H,1-3,6-7,9H2,(H2,21,23,24,26). The topological polar surface area (TPSA) is 75.6 Å². The lowest BCUT2D eigenvalue weighted by atomic mass is 10.2. The summed E-state index contributed by atoms with van der Waals surface area (Å²) in [5.41, 5.74) is 1.69. The average Bonchev–Trinajstić information content (AvgIpc) is 3.03. The second-order valence-corrected chi connectivity index (χ2v) is 7.77. The molecule has 0 spiro atoms. The van der Waals surface area contributed by atoms with Gasteiger partial charge in [0.1, 0.15) is 0 Å². The van der Waals surface area contributed by atoms with Gasteiger partial charge in [-0.3, -0.25) is 9.78 Å². The van der Waals surface area contributed by atoms with Crippen LogP contribution in [0.25, 0.3) is 11.2 Å². The van der Waals surface area contributed by atoms with Crippen LogP contribution >= 0.6 is 45.8 Å². The van der Waals surface area contributed by atoms with Gasteiger partial charge in [-0.1, -0.05) is 58.3 Å². The lowest BCUT2D eigenvalue weighted by molar-refractivity contribution is 0.616. The van der Waals surface area contributed by atoms with Crippen LogP contribution in [0.2, 0.25) is 10.0 Å². The van der Waals surface area contributed by atoms with Gasteiger partial charge in [0.2, 0.25) is 5.95 Å². The number of nitrogens with one attached hydrogen (secondary N) is 2. The van der Waals surface area contributed by atoms with Crippen molar-refractivity contribution in [2.75, 3.05) is 9.74 Å². The first-order chi connectivity index (χ1) is 12.6. The molecule has 3 rings (SSSR count). The Hall–Kier alpha value is -1.32. The lowest BCUT2D eigenvalue weighted by Gasteiger charge is -2.07. The number of nitrogens with zero attached hydrogens (tertiary/aromatic N) is 3. The number of alkyl halides is 1. The molecule has 2 N–H and O–H groups in total. The first-order valence-corrected chi connectivity index (χ1v) is 10.6. The van der Waals surface area contributed by atoms with Gasteiger partial charge in [-0.2, -0.15) is 4.98 Å². The minimum atomic E-state index is -0.196. The Balaban J connectivity index is 1.72. The van der Waals surface area contributed by atoms with Gasteiger partial charge >= 0.3 is 0 Å². The Labute approximate surface area is 174 Å². The van der Waals surface area contributed by atoms with E-state index in [0.29, 0.717) is 33.7 Å². The number of fused-ring (bicyclic) bond motifs is 1. The van der Waals surface area contributed by atoms with Crippen molar-refractivity contribution in [2.45, 2.75) is 32.4 Å². The predicted octanol–water partition coefficient (Wildman–Crippen LogP) is 4.64. The molecule has 0 amide bonds. The van der Waals surface area contributed by atoms with E-state index in [1.54, 1.807) is 18.5 Å². The maximum Gasteiger partial charge on any atom is 0.278 e. The van der Waals surface area contributed by atoms with Crippen molar-refractivity contribution in [3.05, 3.63) is 50.5 Å². The number of rotatable bonds is 8. The molecule has 0 aliphatic rings. The molecule has 2 heterocycles. The fourth-order valence-corrected chi connectivity index (χ4v) is 3.49. The summed E-state index contributed by atoms with van der Waals surface area (Å²) in [7, 11) is 0. The summed E-state index contributed by atoms with van der Waals surface area (Å²) in [4.78, 5) is 23.9. The van der Waals surface area contributed by atoms with Crippen LogP contribution in [0.4, 0.5) is 5.95 Å². The minimum absolute atomic E-state index is 0.196. The predicted molar refractivity (Wildman–Crippen MR) is 115 cm³/mol. The van der Waals surface area contributed by atoms with Crippen LogP contribution in [-0.4, -0.2) is 23.9 Å². The molecule has 0 aliphatic heterocycles. The Kier molecular flexibility index (Phi) is 6.77. The molecule has 6 nitrogen and oxygen atoms in total. The van der Waals surface area contributed by atoms with Gasteiger partial charge in [-0.15, -0.1) is 0 Å². The van der Waals surface area contributed by atoms with Gasteiger partial charge in [0.25, 0.3) is 5.56 Å². The molecule has 0 fully saturated rings. The number of hydrogen-bond donors (Lipinski definition) is 2. The summed E-state index contributed by atoms with van der Waals surface area (Å²) in [6, 6.07) is 5.38. The number of benzene rings is 1. The smallest absolute Gasteiger partial charge is 0.278 e. The fraction of sp³-hybridized carbons (Fsp3) is 0.353. The molecule has 138 valence electrons.